The molecule has 0 fully saturated rings. The van der Waals surface area contributed by atoms with Crippen LogP contribution in [0.5, 0.6) is 5.75 Å². The van der Waals surface area contributed by atoms with Crippen molar-refractivity contribution in [2.75, 3.05) is 17.4 Å². The number of phenols is 1. The zero-order chi connectivity index (χ0) is 22.4. The number of rotatable bonds is 3. The fourth-order valence-electron chi connectivity index (χ4n) is 3.64. The average molecular weight is 472 g/mol. The molecular weight excluding hydrogens is 441 g/mol. The van der Waals surface area contributed by atoms with E-state index in [0.29, 0.717) is 16.8 Å². The Labute approximate surface area is 183 Å². The van der Waals surface area contributed by atoms with Crippen LogP contribution in [0, 0.1) is 0 Å². The molecule has 160 valence electrons. The van der Waals surface area contributed by atoms with Gasteiger partial charge in [-0.2, -0.15) is 0 Å². The number of benzene rings is 2. The van der Waals surface area contributed by atoms with E-state index >= 15 is 0 Å². The number of allylic oxidation sites excluding steroid dienone is 1. The third-order valence-corrected chi connectivity index (χ3v) is 8.41. The van der Waals surface area contributed by atoms with Crippen LogP contribution < -0.4 is 9.36 Å². The van der Waals surface area contributed by atoms with Gasteiger partial charge >= 0.3 is 184 Å². The van der Waals surface area contributed by atoms with E-state index in [1.807, 2.05) is 30.1 Å². The van der Waals surface area contributed by atoms with Crippen LogP contribution in [0.1, 0.15) is 68.6 Å². The fraction of sp³-hybridized carbons (Fsp3) is 0.400. The Balaban J connectivity index is 1.97. The van der Waals surface area contributed by atoms with Crippen molar-refractivity contribution in [3.63, 3.8) is 0 Å². The van der Waals surface area contributed by atoms with E-state index < -0.39 is 13.8 Å². The Morgan fingerprint density at radius 1 is 1.03 bits per heavy atom. The van der Waals surface area contributed by atoms with Crippen LogP contribution in [0.3, 0.4) is 0 Å². The number of carbonyl (C=O) groups is 1. The van der Waals surface area contributed by atoms with Gasteiger partial charge in [-0.05, 0) is 0 Å². The van der Waals surface area contributed by atoms with Crippen molar-refractivity contribution in [2.45, 2.75) is 52.4 Å². The summed E-state index contributed by atoms with van der Waals surface area (Å²) in [5.74, 6) is 0.209. The molecule has 0 saturated carbocycles. The van der Waals surface area contributed by atoms with E-state index in [9.17, 15) is 13.7 Å². The second-order valence-electron chi connectivity index (χ2n) is 10.0. The summed E-state index contributed by atoms with van der Waals surface area (Å²) in [6.07, 6.45) is 3.36. The molecule has 1 aliphatic rings. The number of hydrogen-bond acceptors (Lipinski definition) is 4. The molecule has 2 aromatic carbocycles. The molecule has 2 aromatic rings. The maximum absolute atomic E-state index is 12.8. The van der Waals surface area contributed by atoms with Gasteiger partial charge in [-0.1, -0.05) is 0 Å². The predicted molar refractivity (Wildman–Crippen MR) is 125 cm³/mol. The molecule has 0 amide bonds. The monoisotopic (exact) mass is 473 g/mol. The molecule has 1 N–H and O–H groups in total. The standard InChI is InChI=1S/C25H31NO3Se/c1-24(2,3)18-12-16(13-19(23(18)28)25(4,5)6)8-11-21(27)17-9-10-20-22(14-17)30(29)15-26(20)7/h8-14,28H,15H2,1-7H3. The molecule has 1 heterocycles. The number of anilines is 1. The average Bonchev–Trinajstić information content (AvgIpc) is 2.92. The molecule has 5 heteroatoms. The number of fused-ring (bicyclic) bond motifs is 1. The molecule has 1 aliphatic heterocycles. The van der Waals surface area contributed by atoms with Gasteiger partial charge in [0.2, 0.25) is 0 Å². The molecular formula is C25H31NO3Se. The first kappa shape index (κ1) is 22.5. The van der Waals surface area contributed by atoms with E-state index in [0.717, 1.165) is 26.8 Å². The Kier molecular flexibility index (Phi) is 5.83. The van der Waals surface area contributed by atoms with Crippen molar-refractivity contribution >= 4 is 35.8 Å². The topological polar surface area (TPSA) is 57.6 Å². The Hall–Kier alpha value is -2.23. The first-order chi connectivity index (χ1) is 13.8. The summed E-state index contributed by atoms with van der Waals surface area (Å²) >= 11 is -2.10. The zero-order valence-electron chi connectivity index (χ0n) is 18.9. The van der Waals surface area contributed by atoms with Crippen LogP contribution in [0.2, 0.25) is 0 Å². The van der Waals surface area contributed by atoms with Crippen molar-refractivity contribution in [3.05, 3.63) is 58.7 Å². The molecule has 4 nitrogen and oxygen atoms in total. The minimum absolute atomic E-state index is 0.117. The Morgan fingerprint density at radius 3 is 2.13 bits per heavy atom. The van der Waals surface area contributed by atoms with Crippen molar-refractivity contribution in [3.8, 4) is 5.75 Å². The summed E-state index contributed by atoms with van der Waals surface area (Å²) in [4.78, 5) is 14.8. The molecule has 1 unspecified atom stereocenters. The Morgan fingerprint density at radius 2 is 1.60 bits per heavy atom. The summed E-state index contributed by atoms with van der Waals surface area (Å²) in [5, 5.41) is 10.9. The fourth-order valence-corrected chi connectivity index (χ4v) is 6.47. The van der Waals surface area contributed by atoms with E-state index in [2.05, 4.69) is 41.5 Å². The van der Waals surface area contributed by atoms with Gasteiger partial charge in [-0.3, -0.25) is 0 Å². The van der Waals surface area contributed by atoms with E-state index in [1.165, 1.54) is 0 Å². The zero-order valence-corrected chi connectivity index (χ0v) is 20.6. The second-order valence-corrected chi connectivity index (χ2v) is 12.9. The number of ketones is 1. The van der Waals surface area contributed by atoms with Crippen molar-refractivity contribution in [1.82, 2.24) is 0 Å². The third-order valence-electron chi connectivity index (χ3n) is 5.39. The number of aromatic hydroxyl groups is 1. The number of hydrogen-bond donors (Lipinski definition) is 1. The van der Waals surface area contributed by atoms with Crippen LogP contribution in [-0.2, 0) is 14.7 Å². The molecule has 0 aromatic heterocycles. The van der Waals surface area contributed by atoms with E-state index in [1.54, 1.807) is 24.3 Å². The van der Waals surface area contributed by atoms with Gasteiger partial charge in [0, 0.05) is 0 Å². The molecule has 0 saturated heterocycles. The normalized spacial score (nSPS) is 16.9. The SMILES string of the molecule is CN1C[Se](=O)c2cc(C(=O)C=Cc3cc(C(C)(C)C)c(O)c(C(C)(C)C)c3)ccc21. The number of phenolic OH excluding ortho intramolecular Hbond substituents is 1. The molecule has 0 bridgehead atoms. The van der Waals surface area contributed by atoms with Crippen LogP contribution >= 0.6 is 0 Å². The molecule has 0 radical (unpaired) electrons. The molecule has 3 rings (SSSR count). The van der Waals surface area contributed by atoms with Gasteiger partial charge in [-0.15, -0.1) is 0 Å². The summed E-state index contributed by atoms with van der Waals surface area (Å²) in [6, 6.07) is 9.36. The van der Waals surface area contributed by atoms with Gasteiger partial charge in [-0.25, -0.2) is 0 Å². The van der Waals surface area contributed by atoms with Gasteiger partial charge < -0.3 is 0 Å². The predicted octanol–water partition coefficient (Wildman–Crippen LogP) is 4.50. The van der Waals surface area contributed by atoms with Crippen LogP contribution in [0.15, 0.2) is 36.4 Å². The maximum atomic E-state index is 12.8. The third kappa shape index (κ3) is 4.43. The minimum atomic E-state index is -2.10. The molecule has 30 heavy (non-hydrogen) atoms. The second kappa shape index (κ2) is 7.79. The van der Waals surface area contributed by atoms with Gasteiger partial charge in [0.05, 0.1) is 0 Å². The van der Waals surface area contributed by atoms with Gasteiger partial charge in [0.1, 0.15) is 0 Å². The first-order valence-electron chi connectivity index (χ1n) is 10.1. The van der Waals surface area contributed by atoms with Crippen LogP contribution in [0.4, 0.5) is 5.69 Å². The molecule has 0 aliphatic carbocycles. The molecule has 0 spiro atoms. The summed E-state index contributed by atoms with van der Waals surface area (Å²) in [7, 11) is 1.92. The number of nitrogens with zero attached hydrogens (tertiary/aromatic N) is 1. The van der Waals surface area contributed by atoms with Crippen LogP contribution in [0.25, 0.3) is 6.08 Å². The van der Waals surface area contributed by atoms with Gasteiger partial charge in [0.25, 0.3) is 0 Å². The Bertz CT molecular complexity index is 1020. The quantitative estimate of drug-likeness (QED) is 0.406. The van der Waals surface area contributed by atoms with E-state index in [-0.39, 0.29) is 16.6 Å². The van der Waals surface area contributed by atoms with Crippen molar-refractivity contribution in [2.24, 2.45) is 0 Å². The summed E-state index contributed by atoms with van der Waals surface area (Å²) in [6.45, 7) is 12.4. The number of carbonyl (C=O) groups excluding carboxylic acids is 1. The summed E-state index contributed by atoms with van der Waals surface area (Å²) < 4.78 is 13.2. The first-order valence-corrected chi connectivity index (χ1v) is 12.9. The molecule has 1 atom stereocenters. The van der Waals surface area contributed by atoms with E-state index in [4.69, 9.17) is 0 Å². The van der Waals surface area contributed by atoms with Crippen molar-refractivity contribution in [1.29, 1.82) is 0 Å². The van der Waals surface area contributed by atoms with Gasteiger partial charge in [0.15, 0.2) is 0 Å². The van der Waals surface area contributed by atoms with Crippen molar-refractivity contribution < 1.29 is 13.7 Å². The van der Waals surface area contributed by atoms with Crippen LogP contribution in [-0.4, -0.2) is 37.2 Å². The summed E-state index contributed by atoms with van der Waals surface area (Å²) in [5.41, 5.74) is 4.22.